The van der Waals surface area contributed by atoms with Crippen LogP contribution in [0, 0.1) is 0 Å². The smallest absolute Gasteiger partial charge is 0.265 e. The van der Waals surface area contributed by atoms with E-state index in [1.165, 1.54) is 34.4 Å². The Bertz CT molecular complexity index is 1240. The molecule has 0 aliphatic heterocycles. The molecule has 0 bridgehead atoms. The lowest BCUT2D eigenvalue weighted by Crippen LogP contribution is -2.24. The first-order valence-electron chi connectivity index (χ1n) is 9.92. The molecule has 2 heterocycles. The average molecular weight is 484 g/mol. The maximum Gasteiger partial charge on any atom is 0.265 e. The number of ether oxygens (including phenoxy) is 1. The summed E-state index contributed by atoms with van der Waals surface area (Å²) >= 11 is 4.28. The molecule has 0 spiro atoms. The van der Waals surface area contributed by atoms with Crippen molar-refractivity contribution in [2.45, 2.75) is 23.5 Å². The van der Waals surface area contributed by atoms with E-state index in [-0.39, 0.29) is 17.1 Å². The van der Waals surface area contributed by atoms with Gasteiger partial charge in [0.2, 0.25) is 5.91 Å². The highest BCUT2D eigenvalue weighted by atomic mass is 32.2. The van der Waals surface area contributed by atoms with Crippen molar-refractivity contribution in [3.8, 4) is 5.75 Å². The minimum absolute atomic E-state index is 0.100. The van der Waals surface area contributed by atoms with E-state index in [2.05, 4.69) is 15.6 Å². The number of anilines is 2. The Kier molecular flexibility index (Phi) is 7.09. The zero-order valence-corrected chi connectivity index (χ0v) is 19.9. The van der Waals surface area contributed by atoms with Crippen LogP contribution in [0.5, 0.6) is 5.75 Å². The summed E-state index contributed by atoms with van der Waals surface area (Å²) in [7, 11) is 1.62. The lowest BCUT2D eigenvalue weighted by atomic mass is 10.3. The Morgan fingerprint density at radius 1 is 1.12 bits per heavy atom. The van der Waals surface area contributed by atoms with E-state index in [1.807, 2.05) is 60.8 Å². The van der Waals surface area contributed by atoms with Crippen LogP contribution in [0.4, 0.5) is 10.8 Å². The zero-order chi connectivity index (χ0) is 22.5. The molecule has 2 N–H and O–H groups in total. The van der Waals surface area contributed by atoms with Gasteiger partial charge in [0.05, 0.1) is 27.5 Å². The fourth-order valence-electron chi connectivity index (χ4n) is 3.01. The maximum absolute atomic E-state index is 12.9. The fraction of sp³-hybridized carbons (Fsp3) is 0.174. The van der Waals surface area contributed by atoms with Crippen LogP contribution in [0.1, 0.15) is 23.0 Å². The van der Waals surface area contributed by atoms with E-state index >= 15 is 0 Å². The van der Waals surface area contributed by atoms with Gasteiger partial charge in [0, 0.05) is 10.6 Å². The number of methoxy groups -OCH3 is 1. The Morgan fingerprint density at radius 2 is 2.00 bits per heavy atom. The number of nitrogens with zero attached hydrogens (tertiary/aromatic N) is 1. The molecule has 4 rings (SSSR count). The van der Waals surface area contributed by atoms with Crippen molar-refractivity contribution in [1.29, 1.82) is 0 Å². The molecule has 0 saturated carbocycles. The first kappa shape index (κ1) is 22.3. The number of aromatic nitrogens is 1. The molecule has 0 aliphatic rings. The van der Waals surface area contributed by atoms with Crippen molar-refractivity contribution in [3.05, 3.63) is 64.9 Å². The molecule has 6 nitrogen and oxygen atoms in total. The minimum Gasteiger partial charge on any atom is -0.497 e. The highest BCUT2D eigenvalue weighted by Gasteiger charge is 2.20. The SMILES string of the molecule is CCC(Sc1cccc(NC(=O)c2cccs2)c1)C(=O)Nc1nc2ccc(OC)cc2s1. The van der Waals surface area contributed by atoms with Crippen molar-refractivity contribution < 1.29 is 14.3 Å². The van der Waals surface area contributed by atoms with Crippen LogP contribution in [-0.2, 0) is 4.79 Å². The topological polar surface area (TPSA) is 80.3 Å². The van der Waals surface area contributed by atoms with Crippen LogP contribution in [0.15, 0.2) is 64.9 Å². The third-order valence-electron chi connectivity index (χ3n) is 4.60. The summed E-state index contributed by atoms with van der Waals surface area (Å²) < 4.78 is 6.21. The van der Waals surface area contributed by atoms with Gasteiger partial charge in [-0.3, -0.25) is 9.59 Å². The number of hydrogen-bond acceptors (Lipinski definition) is 7. The van der Waals surface area contributed by atoms with Gasteiger partial charge < -0.3 is 15.4 Å². The minimum atomic E-state index is -0.292. The summed E-state index contributed by atoms with van der Waals surface area (Å²) in [5.74, 6) is 0.517. The number of thioether (sulfide) groups is 1. The van der Waals surface area contributed by atoms with Crippen LogP contribution in [0.3, 0.4) is 0 Å². The largest absolute Gasteiger partial charge is 0.497 e. The molecule has 1 atom stereocenters. The number of carbonyl (C=O) groups is 2. The lowest BCUT2D eigenvalue weighted by Gasteiger charge is -2.14. The van der Waals surface area contributed by atoms with Gasteiger partial charge in [-0.05, 0) is 54.3 Å². The van der Waals surface area contributed by atoms with Crippen molar-refractivity contribution in [1.82, 2.24) is 4.98 Å². The fourth-order valence-corrected chi connectivity index (χ4v) is 5.53. The monoisotopic (exact) mass is 483 g/mol. The second-order valence-electron chi connectivity index (χ2n) is 6.82. The Labute approximate surface area is 198 Å². The van der Waals surface area contributed by atoms with E-state index < -0.39 is 0 Å². The number of carbonyl (C=O) groups excluding carboxylic acids is 2. The summed E-state index contributed by atoms with van der Waals surface area (Å²) in [5.41, 5.74) is 1.52. The molecule has 0 radical (unpaired) electrons. The molecule has 32 heavy (non-hydrogen) atoms. The molecule has 0 saturated heterocycles. The van der Waals surface area contributed by atoms with Gasteiger partial charge in [-0.15, -0.1) is 23.1 Å². The first-order valence-corrected chi connectivity index (χ1v) is 12.5. The quantitative estimate of drug-likeness (QED) is 0.295. The summed E-state index contributed by atoms with van der Waals surface area (Å²) in [6, 6.07) is 16.8. The third-order valence-corrected chi connectivity index (χ3v) is 7.76. The third kappa shape index (κ3) is 5.29. The van der Waals surface area contributed by atoms with Crippen LogP contribution >= 0.6 is 34.4 Å². The van der Waals surface area contributed by atoms with E-state index in [9.17, 15) is 9.59 Å². The second kappa shape index (κ2) is 10.2. The van der Waals surface area contributed by atoms with Gasteiger partial charge in [0.15, 0.2) is 5.13 Å². The normalized spacial score (nSPS) is 11.8. The van der Waals surface area contributed by atoms with Gasteiger partial charge in [0.25, 0.3) is 5.91 Å². The average Bonchev–Trinajstić information content (AvgIpc) is 3.46. The number of nitrogens with one attached hydrogen (secondary N) is 2. The molecule has 0 fully saturated rings. The Balaban J connectivity index is 1.42. The highest BCUT2D eigenvalue weighted by Crippen LogP contribution is 2.32. The van der Waals surface area contributed by atoms with Gasteiger partial charge in [-0.1, -0.05) is 30.4 Å². The van der Waals surface area contributed by atoms with Crippen molar-refractivity contribution in [2.24, 2.45) is 0 Å². The van der Waals surface area contributed by atoms with Gasteiger partial charge in [-0.2, -0.15) is 0 Å². The molecule has 2 aromatic heterocycles. The highest BCUT2D eigenvalue weighted by molar-refractivity contribution is 8.00. The summed E-state index contributed by atoms with van der Waals surface area (Å²) in [4.78, 5) is 31.3. The molecule has 2 aromatic carbocycles. The molecule has 4 aromatic rings. The number of amides is 2. The molecule has 164 valence electrons. The van der Waals surface area contributed by atoms with E-state index in [0.717, 1.165) is 20.9 Å². The second-order valence-corrected chi connectivity index (χ2v) is 10.1. The standard InChI is InChI=1S/C23H21N3O3S3/c1-3-18(21(27)26-23-25-17-10-9-15(29-2)13-20(17)32-23)31-16-7-4-6-14(12-16)24-22(28)19-8-5-11-30-19/h4-13,18H,3H2,1-2H3,(H,24,28)(H,25,26,27). The summed E-state index contributed by atoms with van der Waals surface area (Å²) in [6.07, 6.45) is 0.654. The van der Waals surface area contributed by atoms with Gasteiger partial charge in [0.1, 0.15) is 5.75 Å². The molecular formula is C23H21N3O3S3. The van der Waals surface area contributed by atoms with E-state index in [1.54, 1.807) is 13.2 Å². The van der Waals surface area contributed by atoms with E-state index in [0.29, 0.717) is 22.1 Å². The first-order chi connectivity index (χ1) is 15.6. The van der Waals surface area contributed by atoms with Crippen molar-refractivity contribution >= 4 is 67.3 Å². The number of thiazole rings is 1. The van der Waals surface area contributed by atoms with Crippen LogP contribution in [0.25, 0.3) is 10.2 Å². The molecule has 2 amide bonds. The number of rotatable bonds is 8. The van der Waals surface area contributed by atoms with Gasteiger partial charge >= 0.3 is 0 Å². The molecule has 9 heteroatoms. The Hall–Kier alpha value is -2.88. The number of hydrogen-bond donors (Lipinski definition) is 2. The predicted octanol–water partition coefficient (Wildman–Crippen LogP) is 6.13. The lowest BCUT2D eigenvalue weighted by molar-refractivity contribution is -0.115. The van der Waals surface area contributed by atoms with E-state index in [4.69, 9.17) is 4.74 Å². The summed E-state index contributed by atoms with van der Waals surface area (Å²) in [5, 5.41) is 7.99. The van der Waals surface area contributed by atoms with Gasteiger partial charge in [-0.25, -0.2) is 4.98 Å². The van der Waals surface area contributed by atoms with Crippen LogP contribution in [0.2, 0.25) is 0 Å². The number of fused-ring (bicyclic) bond motifs is 1. The molecular weight excluding hydrogens is 462 g/mol. The number of benzene rings is 2. The number of thiophene rings is 1. The zero-order valence-electron chi connectivity index (χ0n) is 17.5. The predicted molar refractivity (Wildman–Crippen MR) is 133 cm³/mol. The summed E-state index contributed by atoms with van der Waals surface area (Å²) in [6.45, 7) is 1.98. The van der Waals surface area contributed by atoms with Crippen molar-refractivity contribution in [2.75, 3.05) is 17.7 Å². The molecule has 1 unspecified atom stereocenters. The molecule has 0 aliphatic carbocycles. The maximum atomic E-state index is 12.9. The Morgan fingerprint density at radius 3 is 2.75 bits per heavy atom. The van der Waals surface area contributed by atoms with Crippen molar-refractivity contribution in [3.63, 3.8) is 0 Å². The van der Waals surface area contributed by atoms with Crippen LogP contribution in [-0.4, -0.2) is 29.2 Å². The van der Waals surface area contributed by atoms with Crippen LogP contribution < -0.4 is 15.4 Å².